The fourth-order valence-corrected chi connectivity index (χ4v) is 4.31. The lowest BCUT2D eigenvalue weighted by Gasteiger charge is -2.28. The van der Waals surface area contributed by atoms with Gasteiger partial charge in [-0.2, -0.15) is 5.10 Å². The molecule has 208 valence electrons. The highest BCUT2D eigenvalue weighted by atomic mass is 16.6. The van der Waals surface area contributed by atoms with Crippen molar-refractivity contribution in [1.29, 1.82) is 0 Å². The number of aromatic nitrogens is 5. The number of nitrogens with one attached hydrogen (secondary N) is 2. The number of rotatable bonds is 11. The summed E-state index contributed by atoms with van der Waals surface area (Å²) in [5, 5.41) is 10.5. The number of imidazole rings is 1. The van der Waals surface area contributed by atoms with Crippen molar-refractivity contribution in [2.24, 2.45) is 5.73 Å². The number of carbonyl (C=O) groups is 2. The minimum absolute atomic E-state index is 0.117. The Bertz CT molecular complexity index is 1590. The minimum atomic E-state index is -0.591. The van der Waals surface area contributed by atoms with Gasteiger partial charge < -0.3 is 26.3 Å². The van der Waals surface area contributed by atoms with Gasteiger partial charge >= 0.3 is 0 Å². The van der Waals surface area contributed by atoms with Gasteiger partial charge in [-0.1, -0.05) is 12.2 Å². The zero-order valence-electron chi connectivity index (χ0n) is 22.3. The third kappa shape index (κ3) is 5.59. The number of primary amides is 1. The van der Waals surface area contributed by atoms with E-state index in [4.69, 9.17) is 20.9 Å². The molecule has 4 aromatic rings. The van der Waals surface area contributed by atoms with Crippen molar-refractivity contribution in [2.45, 2.75) is 33.0 Å². The van der Waals surface area contributed by atoms with E-state index < -0.39 is 5.91 Å². The van der Waals surface area contributed by atoms with Gasteiger partial charge in [0.2, 0.25) is 11.9 Å². The maximum Gasteiger partial charge on any atom is 0.276 e. The zero-order chi connectivity index (χ0) is 28.2. The minimum Gasteiger partial charge on any atom is -0.483 e. The molecular weight excluding hydrogens is 514 g/mol. The highest BCUT2D eigenvalue weighted by Gasteiger charge is 2.23. The standard InChI is InChI=1S/C27H31N9O4/c1-3-36-21(11-16(2)34-36)26(38)33-27-32-20-7-6-9-31-25(20)35(27)10-5-4-8-30-23-19(28)12-17(24(29)37)13-22(23)40-18-14-39-15-18/h4-7,9,11-13,18,30H,3,8,10,14-15,28H2,1-2H3,(H2,29,37)(H,32,33,38)/b5-4+. The molecule has 5 rings (SSSR count). The summed E-state index contributed by atoms with van der Waals surface area (Å²) in [6.07, 6.45) is 5.40. The van der Waals surface area contributed by atoms with E-state index in [1.165, 1.54) is 6.07 Å². The maximum atomic E-state index is 13.1. The number of anilines is 3. The van der Waals surface area contributed by atoms with Crippen LogP contribution in [-0.2, 0) is 17.8 Å². The first-order valence-corrected chi connectivity index (χ1v) is 12.9. The third-order valence-electron chi connectivity index (χ3n) is 6.33. The second kappa shape index (κ2) is 11.5. The van der Waals surface area contributed by atoms with Crippen LogP contribution < -0.4 is 26.8 Å². The second-order valence-electron chi connectivity index (χ2n) is 9.27. The third-order valence-corrected chi connectivity index (χ3v) is 6.33. The Labute approximate surface area is 230 Å². The number of nitrogen functional groups attached to an aromatic ring is 1. The number of pyridine rings is 1. The Morgan fingerprint density at radius 3 is 2.80 bits per heavy atom. The monoisotopic (exact) mass is 545 g/mol. The first-order chi connectivity index (χ1) is 19.3. The van der Waals surface area contributed by atoms with Crippen LogP contribution in [0.2, 0.25) is 0 Å². The molecule has 0 spiro atoms. The van der Waals surface area contributed by atoms with Crippen LogP contribution in [0.15, 0.2) is 48.7 Å². The maximum absolute atomic E-state index is 13.1. The molecule has 2 amide bonds. The molecule has 1 aromatic carbocycles. The van der Waals surface area contributed by atoms with Crippen molar-refractivity contribution in [3.63, 3.8) is 0 Å². The molecule has 0 unspecified atom stereocenters. The molecule has 1 fully saturated rings. The first kappa shape index (κ1) is 26.7. The number of aryl methyl sites for hydroxylation is 2. The average Bonchev–Trinajstić information content (AvgIpc) is 3.46. The molecule has 6 N–H and O–H groups in total. The lowest BCUT2D eigenvalue weighted by Crippen LogP contribution is -2.38. The quantitative estimate of drug-likeness (QED) is 0.163. The molecule has 3 aromatic heterocycles. The Kier molecular flexibility index (Phi) is 7.64. The highest BCUT2D eigenvalue weighted by molar-refractivity contribution is 6.03. The molecule has 0 saturated carbocycles. The Morgan fingerprint density at radius 2 is 2.08 bits per heavy atom. The zero-order valence-corrected chi connectivity index (χ0v) is 22.3. The molecule has 4 heterocycles. The van der Waals surface area contributed by atoms with E-state index in [1.807, 2.05) is 36.6 Å². The summed E-state index contributed by atoms with van der Waals surface area (Å²) in [5.74, 6) is -0.0792. The number of nitrogens with zero attached hydrogens (tertiary/aromatic N) is 5. The summed E-state index contributed by atoms with van der Waals surface area (Å²) in [5.41, 5.74) is 15.3. The largest absolute Gasteiger partial charge is 0.483 e. The van der Waals surface area contributed by atoms with E-state index in [2.05, 4.69) is 25.7 Å². The molecule has 13 heteroatoms. The van der Waals surface area contributed by atoms with Crippen molar-refractivity contribution in [2.75, 3.05) is 36.1 Å². The van der Waals surface area contributed by atoms with Gasteiger partial charge in [0.15, 0.2) is 5.65 Å². The molecule has 0 aliphatic carbocycles. The number of hydrogen-bond acceptors (Lipinski definition) is 9. The van der Waals surface area contributed by atoms with Crippen LogP contribution in [0.4, 0.5) is 17.3 Å². The van der Waals surface area contributed by atoms with Gasteiger partial charge in [0.1, 0.15) is 28.8 Å². The van der Waals surface area contributed by atoms with Gasteiger partial charge in [0.25, 0.3) is 5.91 Å². The van der Waals surface area contributed by atoms with Crippen LogP contribution in [0.25, 0.3) is 11.2 Å². The molecule has 0 radical (unpaired) electrons. The second-order valence-corrected chi connectivity index (χ2v) is 9.27. The molecule has 1 saturated heterocycles. The lowest BCUT2D eigenvalue weighted by atomic mass is 10.1. The number of amides is 2. The van der Waals surface area contributed by atoms with Crippen LogP contribution in [-0.4, -0.2) is 62.0 Å². The number of nitrogens with two attached hydrogens (primary N) is 2. The summed E-state index contributed by atoms with van der Waals surface area (Å²) in [6, 6.07) is 8.47. The van der Waals surface area contributed by atoms with E-state index in [0.717, 1.165) is 5.69 Å². The van der Waals surface area contributed by atoms with Gasteiger partial charge in [0, 0.05) is 31.4 Å². The predicted molar refractivity (Wildman–Crippen MR) is 150 cm³/mol. The van der Waals surface area contributed by atoms with Crippen molar-refractivity contribution >= 4 is 40.3 Å². The fourth-order valence-electron chi connectivity index (χ4n) is 4.31. The Morgan fingerprint density at radius 1 is 1.25 bits per heavy atom. The summed E-state index contributed by atoms with van der Waals surface area (Å²) in [7, 11) is 0. The number of hydrogen-bond donors (Lipinski definition) is 4. The van der Waals surface area contributed by atoms with Gasteiger partial charge in [-0.15, -0.1) is 0 Å². The van der Waals surface area contributed by atoms with Crippen LogP contribution in [0, 0.1) is 6.92 Å². The van der Waals surface area contributed by atoms with Gasteiger partial charge in [-0.25, -0.2) is 9.97 Å². The normalized spacial score (nSPS) is 13.4. The van der Waals surface area contributed by atoms with E-state index >= 15 is 0 Å². The molecule has 40 heavy (non-hydrogen) atoms. The van der Waals surface area contributed by atoms with Gasteiger partial charge in [0.05, 0.1) is 24.6 Å². The van der Waals surface area contributed by atoms with Crippen molar-refractivity contribution < 1.29 is 19.1 Å². The molecule has 1 aliphatic rings. The molecule has 13 nitrogen and oxygen atoms in total. The Hall–Kier alpha value is -4.91. The Balaban J connectivity index is 1.31. The first-order valence-electron chi connectivity index (χ1n) is 12.9. The lowest BCUT2D eigenvalue weighted by molar-refractivity contribution is -0.0794. The number of ether oxygens (including phenoxy) is 2. The van der Waals surface area contributed by atoms with Gasteiger partial charge in [-0.05, 0) is 44.2 Å². The van der Waals surface area contributed by atoms with E-state index in [1.54, 1.807) is 29.1 Å². The summed E-state index contributed by atoms with van der Waals surface area (Å²) < 4.78 is 14.6. The predicted octanol–water partition coefficient (Wildman–Crippen LogP) is 2.34. The summed E-state index contributed by atoms with van der Waals surface area (Å²) >= 11 is 0. The summed E-state index contributed by atoms with van der Waals surface area (Å²) in [6.45, 7) is 6.08. The molecule has 0 atom stereocenters. The fraction of sp³-hybridized carbons (Fsp3) is 0.296. The average molecular weight is 546 g/mol. The van der Waals surface area contributed by atoms with Crippen LogP contribution in [0.1, 0.15) is 33.5 Å². The van der Waals surface area contributed by atoms with Crippen LogP contribution >= 0.6 is 0 Å². The number of carbonyl (C=O) groups excluding carboxylic acids is 2. The van der Waals surface area contributed by atoms with Crippen LogP contribution in [0.5, 0.6) is 5.75 Å². The SMILES string of the molecule is CCn1nc(C)cc1C(=O)Nc1nc2cccnc2n1C/C=C/CNc1c(N)cc(C(N)=O)cc1OC1COC1. The highest BCUT2D eigenvalue weighted by Crippen LogP contribution is 2.34. The topological polar surface area (TPSA) is 177 Å². The van der Waals surface area contributed by atoms with Crippen molar-refractivity contribution in [1.82, 2.24) is 24.3 Å². The van der Waals surface area contributed by atoms with E-state index in [-0.39, 0.29) is 17.6 Å². The van der Waals surface area contributed by atoms with E-state index in [9.17, 15) is 9.59 Å². The molecular formula is C27H31N9O4. The smallest absolute Gasteiger partial charge is 0.276 e. The van der Waals surface area contributed by atoms with E-state index in [0.29, 0.717) is 72.8 Å². The van der Waals surface area contributed by atoms with Crippen molar-refractivity contribution in [3.8, 4) is 5.75 Å². The molecule has 1 aliphatic heterocycles. The number of benzene rings is 1. The molecule has 0 bridgehead atoms. The number of fused-ring (bicyclic) bond motifs is 1. The summed E-state index contributed by atoms with van der Waals surface area (Å²) in [4.78, 5) is 33.8. The van der Waals surface area contributed by atoms with Crippen molar-refractivity contribution in [3.05, 3.63) is 65.6 Å². The number of allylic oxidation sites excluding steroid dienone is 1. The van der Waals surface area contributed by atoms with Gasteiger partial charge in [-0.3, -0.25) is 24.2 Å². The van der Waals surface area contributed by atoms with Crippen LogP contribution in [0.3, 0.4) is 0 Å².